The predicted molar refractivity (Wildman–Crippen MR) is 138 cm³/mol. The molecule has 1 unspecified atom stereocenters. The summed E-state index contributed by atoms with van der Waals surface area (Å²) < 4.78 is 41.4. The molecule has 5 rings (SSSR count). The molecule has 38 heavy (non-hydrogen) atoms. The van der Waals surface area contributed by atoms with Gasteiger partial charge in [0.2, 0.25) is 0 Å². The first kappa shape index (κ1) is 26.3. The molecule has 0 spiro atoms. The molecule has 6 nitrogen and oxygen atoms in total. The van der Waals surface area contributed by atoms with Crippen molar-refractivity contribution in [3.63, 3.8) is 0 Å². The highest BCUT2D eigenvalue weighted by Crippen LogP contribution is 2.39. The molecule has 9 heteroatoms. The Morgan fingerprint density at radius 3 is 2.39 bits per heavy atom. The van der Waals surface area contributed by atoms with E-state index < -0.39 is 12.4 Å². The number of ether oxygens (including phenoxy) is 1. The second-order valence-electron chi connectivity index (χ2n) is 10.2. The van der Waals surface area contributed by atoms with Crippen molar-refractivity contribution < 1.29 is 22.7 Å². The molecule has 1 saturated heterocycles. The number of aryl methyl sites for hydroxylation is 1. The fourth-order valence-electron chi connectivity index (χ4n) is 5.43. The third kappa shape index (κ3) is 6.06. The lowest BCUT2D eigenvalue weighted by Crippen LogP contribution is -2.43. The van der Waals surface area contributed by atoms with Gasteiger partial charge >= 0.3 is 6.36 Å². The Morgan fingerprint density at radius 2 is 1.71 bits per heavy atom. The van der Waals surface area contributed by atoms with Gasteiger partial charge in [0.1, 0.15) is 12.0 Å². The summed E-state index contributed by atoms with van der Waals surface area (Å²) in [5.41, 5.74) is 7.21. The van der Waals surface area contributed by atoms with Gasteiger partial charge in [0, 0.05) is 63.8 Å². The second-order valence-corrected chi connectivity index (χ2v) is 10.2. The molecule has 0 aliphatic carbocycles. The largest absolute Gasteiger partial charge is 0.573 e. The smallest absolute Gasteiger partial charge is 0.406 e. The predicted octanol–water partition coefficient (Wildman–Crippen LogP) is 4.96. The van der Waals surface area contributed by atoms with E-state index >= 15 is 0 Å². The van der Waals surface area contributed by atoms with Gasteiger partial charge in [0.05, 0.1) is 6.04 Å². The van der Waals surface area contributed by atoms with Gasteiger partial charge in [0.15, 0.2) is 0 Å². The van der Waals surface area contributed by atoms with E-state index in [1.807, 2.05) is 24.2 Å². The van der Waals surface area contributed by atoms with Crippen molar-refractivity contribution in [3.05, 3.63) is 82.7 Å². The Bertz CT molecular complexity index is 1290. The number of pyridine rings is 1. The Kier molecular flexibility index (Phi) is 7.52. The van der Waals surface area contributed by atoms with Crippen molar-refractivity contribution >= 4 is 6.29 Å². The van der Waals surface area contributed by atoms with Crippen LogP contribution in [0, 0.1) is 6.92 Å². The lowest BCUT2D eigenvalue weighted by Gasteiger charge is -2.32. The normalized spacial score (nSPS) is 18.9. The summed E-state index contributed by atoms with van der Waals surface area (Å²) in [6, 6.07) is 11.8. The molecule has 1 fully saturated rings. The summed E-state index contributed by atoms with van der Waals surface area (Å²) >= 11 is 0. The van der Waals surface area contributed by atoms with Gasteiger partial charge in [0.25, 0.3) is 0 Å². The van der Waals surface area contributed by atoms with Crippen LogP contribution in [0.5, 0.6) is 5.75 Å². The zero-order valence-electron chi connectivity index (χ0n) is 21.5. The van der Waals surface area contributed by atoms with E-state index in [0.29, 0.717) is 13.1 Å². The fraction of sp³-hybridized carbons (Fsp3) is 0.379. The van der Waals surface area contributed by atoms with Gasteiger partial charge < -0.3 is 14.4 Å². The number of alkyl halides is 3. The fourth-order valence-corrected chi connectivity index (χ4v) is 5.43. The van der Waals surface area contributed by atoms with Gasteiger partial charge in [-0.1, -0.05) is 18.2 Å². The molecule has 0 amide bonds. The number of carbonyl (C=O) groups is 1. The van der Waals surface area contributed by atoms with Crippen molar-refractivity contribution in [1.29, 1.82) is 0 Å². The van der Waals surface area contributed by atoms with Crippen LogP contribution in [0.25, 0.3) is 11.1 Å². The van der Waals surface area contributed by atoms with Gasteiger partial charge in [-0.2, -0.15) is 0 Å². The van der Waals surface area contributed by atoms with E-state index in [0.717, 1.165) is 72.4 Å². The van der Waals surface area contributed by atoms with Crippen molar-refractivity contribution in [2.45, 2.75) is 39.0 Å². The second kappa shape index (κ2) is 10.8. The molecule has 2 aliphatic heterocycles. The first-order chi connectivity index (χ1) is 18.2. The molecule has 2 aromatic carbocycles. The lowest BCUT2D eigenvalue weighted by atomic mass is 9.94. The number of rotatable bonds is 7. The zero-order valence-corrected chi connectivity index (χ0v) is 21.5. The Morgan fingerprint density at radius 1 is 0.974 bits per heavy atom. The van der Waals surface area contributed by atoms with Crippen LogP contribution in [0.15, 0.2) is 54.9 Å². The summed E-state index contributed by atoms with van der Waals surface area (Å²) in [4.78, 5) is 23.5. The van der Waals surface area contributed by atoms with Crippen LogP contribution in [0.2, 0.25) is 0 Å². The minimum Gasteiger partial charge on any atom is -0.406 e. The quantitative estimate of drug-likeness (QED) is 0.408. The van der Waals surface area contributed by atoms with Crippen LogP contribution < -0.4 is 4.74 Å². The van der Waals surface area contributed by atoms with Crippen LogP contribution in [-0.2, 0) is 24.4 Å². The molecule has 0 N–H and O–H groups in total. The van der Waals surface area contributed by atoms with Crippen LogP contribution in [-0.4, -0.2) is 65.6 Å². The van der Waals surface area contributed by atoms with E-state index in [1.165, 1.54) is 17.7 Å². The summed E-state index contributed by atoms with van der Waals surface area (Å²) in [7, 11) is 2.15. The minimum absolute atomic E-state index is 0.262. The molecule has 1 aromatic heterocycles. The van der Waals surface area contributed by atoms with E-state index in [1.54, 1.807) is 12.1 Å². The highest BCUT2D eigenvalue weighted by Gasteiger charge is 2.33. The molecule has 200 valence electrons. The van der Waals surface area contributed by atoms with Crippen LogP contribution in [0.3, 0.4) is 0 Å². The van der Waals surface area contributed by atoms with Gasteiger partial charge in [-0.3, -0.25) is 14.8 Å². The number of piperazine rings is 1. The maximum Gasteiger partial charge on any atom is 0.573 e. The van der Waals surface area contributed by atoms with Gasteiger partial charge in [-0.05, 0) is 71.6 Å². The average Bonchev–Trinajstić information content (AvgIpc) is 3.23. The monoisotopic (exact) mass is 524 g/mol. The highest BCUT2D eigenvalue weighted by atomic mass is 19.4. The third-order valence-electron chi connectivity index (χ3n) is 7.34. The Hall–Kier alpha value is -3.27. The van der Waals surface area contributed by atoms with E-state index in [-0.39, 0.29) is 5.75 Å². The van der Waals surface area contributed by atoms with Crippen LogP contribution in [0.1, 0.15) is 33.9 Å². The SMILES string of the molecule is Cc1cc(-c2cncc(CN3CCN(C)CC3)c2)cc2c1C(C=O)N(Cc1ccc(OC(F)(F)F)cc1)C2. The van der Waals surface area contributed by atoms with Gasteiger partial charge in [-0.15, -0.1) is 13.2 Å². The van der Waals surface area contributed by atoms with Crippen molar-refractivity contribution in [1.82, 2.24) is 19.7 Å². The molecule has 1 atom stereocenters. The van der Waals surface area contributed by atoms with E-state index in [2.05, 4.69) is 44.8 Å². The van der Waals surface area contributed by atoms with Crippen molar-refractivity contribution in [3.8, 4) is 16.9 Å². The van der Waals surface area contributed by atoms with E-state index in [9.17, 15) is 18.0 Å². The minimum atomic E-state index is -4.73. The summed E-state index contributed by atoms with van der Waals surface area (Å²) in [5.74, 6) is -0.262. The molecule has 0 bridgehead atoms. The van der Waals surface area contributed by atoms with Gasteiger partial charge in [-0.25, -0.2) is 0 Å². The maximum atomic E-state index is 12.5. The van der Waals surface area contributed by atoms with E-state index in [4.69, 9.17) is 0 Å². The first-order valence-corrected chi connectivity index (χ1v) is 12.7. The molecule has 3 aromatic rings. The Balaban J connectivity index is 1.32. The average molecular weight is 525 g/mol. The number of carbonyl (C=O) groups excluding carboxylic acids is 1. The number of benzene rings is 2. The van der Waals surface area contributed by atoms with Crippen LogP contribution >= 0.6 is 0 Å². The molecular formula is C29H31F3N4O2. The van der Waals surface area contributed by atoms with Crippen LogP contribution in [0.4, 0.5) is 13.2 Å². The number of nitrogens with zero attached hydrogens (tertiary/aromatic N) is 4. The topological polar surface area (TPSA) is 48.9 Å². The van der Waals surface area contributed by atoms with Crippen molar-refractivity contribution in [2.75, 3.05) is 33.2 Å². The standard InChI is InChI=1S/C29H31F3N4O2/c1-20-11-23(24-12-22(14-33-15-24)16-35-9-7-34(2)8-10-35)13-25-18-36(27(19-37)28(20)25)17-21-3-5-26(6-4-21)38-29(30,31)32/h3-6,11-15,19,27H,7-10,16-18H2,1-2H3. The summed E-state index contributed by atoms with van der Waals surface area (Å²) in [5, 5.41) is 0. The number of aldehydes is 1. The number of aromatic nitrogens is 1. The lowest BCUT2D eigenvalue weighted by molar-refractivity contribution is -0.274. The number of hydrogen-bond acceptors (Lipinski definition) is 6. The first-order valence-electron chi connectivity index (χ1n) is 12.7. The Labute approximate surface area is 220 Å². The molecule has 0 saturated carbocycles. The molecule has 0 radical (unpaired) electrons. The summed E-state index contributed by atoms with van der Waals surface area (Å²) in [6.45, 7) is 8.11. The van der Waals surface area contributed by atoms with Crippen molar-refractivity contribution in [2.24, 2.45) is 0 Å². The number of fused-ring (bicyclic) bond motifs is 1. The zero-order chi connectivity index (χ0) is 26.9. The maximum absolute atomic E-state index is 12.5. The number of likely N-dealkylation sites (N-methyl/N-ethyl adjacent to an activating group) is 1. The highest BCUT2D eigenvalue weighted by molar-refractivity contribution is 5.71. The molecular weight excluding hydrogens is 493 g/mol. The molecule has 3 heterocycles. The molecule has 2 aliphatic rings. The third-order valence-corrected chi connectivity index (χ3v) is 7.34. The number of halogens is 3. The summed E-state index contributed by atoms with van der Waals surface area (Å²) in [6.07, 6.45) is 0.0216. The number of hydrogen-bond donors (Lipinski definition) is 0.